The van der Waals surface area contributed by atoms with Crippen LogP contribution in [0, 0.1) is 21.4 Å². The van der Waals surface area contributed by atoms with Gasteiger partial charge in [-0.3, -0.25) is 14.9 Å². The van der Waals surface area contributed by atoms with Gasteiger partial charge in [-0.05, 0) is 18.9 Å². The molecule has 1 amide bonds. The maximum absolute atomic E-state index is 13.1. The highest BCUT2D eigenvalue weighted by Gasteiger charge is 2.58. The van der Waals surface area contributed by atoms with E-state index in [0.29, 0.717) is 12.1 Å². The van der Waals surface area contributed by atoms with E-state index in [9.17, 15) is 41.7 Å². The van der Waals surface area contributed by atoms with Gasteiger partial charge < -0.3 is 14.8 Å². The third kappa shape index (κ3) is 7.05. The molecule has 1 aromatic carbocycles. The number of nitriles is 1. The molecule has 0 aromatic heterocycles. The van der Waals surface area contributed by atoms with Gasteiger partial charge in [0.25, 0.3) is 5.91 Å². The van der Waals surface area contributed by atoms with Gasteiger partial charge in [-0.25, -0.2) is 4.79 Å². The standard InChI is InChI=1S/C17H16F5N3O6/c1-30-15(27)11(4-2-3-7-23)24-14(26)10-5-6-12(25(28)29)13(8-10)31-9-16(18,19)17(20,21)22/h5-6,8,11H,2-4,9H2,1H3,(H,24,26)/t11-/m0/s1. The van der Waals surface area contributed by atoms with Crippen LogP contribution in [0.15, 0.2) is 18.2 Å². The second kappa shape index (κ2) is 10.5. The summed E-state index contributed by atoms with van der Waals surface area (Å²) in [5, 5.41) is 21.8. The molecule has 1 N–H and O–H groups in total. The topological polar surface area (TPSA) is 132 Å². The monoisotopic (exact) mass is 453 g/mol. The molecule has 0 unspecified atom stereocenters. The molecule has 0 aliphatic heterocycles. The quantitative estimate of drug-likeness (QED) is 0.189. The molecule has 0 heterocycles. The van der Waals surface area contributed by atoms with E-state index >= 15 is 0 Å². The van der Waals surface area contributed by atoms with E-state index in [0.717, 1.165) is 13.2 Å². The Bertz CT molecular complexity index is 869. The number of alkyl halides is 5. The van der Waals surface area contributed by atoms with E-state index in [1.807, 2.05) is 6.07 Å². The van der Waals surface area contributed by atoms with Crippen LogP contribution in [-0.4, -0.2) is 48.7 Å². The predicted molar refractivity (Wildman–Crippen MR) is 92.3 cm³/mol. The minimum atomic E-state index is -5.95. The van der Waals surface area contributed by atoms with Crippen molar-refractivity contribution in [1.82, 2.24) is 5.32 Å². The Labute approximate surface area is 171 Å². The summed E-state index contributed by atoms with van der Waals surface area (Å²) in [6.45, 7) is -2.25. The SMILES string of the molecule is COC(=O)[C@H](CCCC#N)NC(=O)c1ccc([N+](=O)[O-])c(OCC(F)(F)C(F)(F)F)c1. The van der Waals surface area contributed by atoms with Crippen molar-refractivity contribution in [3.05, 3.63) is 33.9 Å². The van der Waals surface area contributed by atoms with Crippen LogP contribution in [0.4, 0.5) is 27.6 Å². The number of methoxy groups -OCH3 is 1. The number of nitrogens with one attached hydrogen (secondary N) is 1. The minimum Gasteiger partial charge on any atom is -0.480 e. The van der Waals surface area contributed by atoms with Gasteiger partial charge in [-0.1, -0.05) is 0 Å². The van der Waals surface area contributed by atoms with Crippen LogP contribution in [0.1, 0.15) is 29.6 Å². The first-order chi connectivity index (χ1) is 14.3. The number of benzene rings is 1. The molecule has 9 nitrogen and oxygen atoms in total. The van der Waals surface area contributed by atoms with Gasteiger partial charge in [0, 0.05) is 24.1 Å². The van der Waals surface area contributed by atoms with Gasteiger partial charge in [0.05, 0.1) is 18.1 Å². The number of ether oxygens (including phenoxy) is 2. The summed E-state index contributed by atoms with van der Waals surface area (Å²) >= 11 is 0. The molecule has 170 valence electrons. The lowest BCUT2D eigenvalue weighted by Crippen LogP contribution is -2.42. The van der Waals surface area contributed by atoms with Gasteiger partial charge in [-0.2, -0.15) is 27.2 Å². The lowest BCUT2D eigenvalue weighted by Gasteiger charge is -2.20. The van der Waals surface area contributed by atoms with Crippen LogP contribution in [-0.2, 0) is 9.53 Å². The van der Waals surface area contributed by atoms with E-state index in [-0.39, 0.29) is 19.3 Å². The van der Waals surface area contributed by atoms with Gasteiger partial charge in [-0.15, -0.1) is 0 Å². The van der Waals surface area contributed by atoms with Crippen molar-refractivity contribution in [2.45, 2.75) is 37.4 Å². The smallest absolute Gasteiger partial charge is 0.456 e. The Kier molecular flexibility index (Phi) is 8.65. The number of hydrogen-bond donors (Lipinski definition) is 1. The maximum Gasteiger partial charge on any atom is 0.456 e. The van der Waals surface area contributed by atoms with Crippen LogP contribution in [0.25, 0.3) is 0 Å². The van der Waals surface area contributed by atoms with E-state index in [1.165, 1.54) is 0 Å². The Morgan fingerprint density at radius 2 is 1.94 bits per heavy atom. The number of carbonyl (C=O) groups excluding carboxylic acids is 2. The summed E-state index contributed by atoms with van der Waals surface area (Å²) < 4.78 is 71.9. The zero-order valence-electron chi connectivity index (χ0n) is 15.9. The summed E-state index contributed by atoms with van der Waals surface area (Å²) in [6, 6.07) is 2.82. The number of carbonyl (C=O) groups is 2. The minimum absolute atomic E-state index is 0.0140. The van der Waals surface area contributed by atoms with E-state index < -0.39 is 58.5 Å². The lowest BCUT2D eigenvalue weighted by atomic mass is 10.1. The Morgan fingerprint density at radius 1 is 1.29 bits per heavy atom. The van der Waals surface area contributed by atoms with Crippen molar-refractivity contribution in [3.63, 3.8) is 0 Å². The summed E-state index contributed by atoms with van der Waals surface area (Å²) in [7, 11) is 1.05. The van der Waals surface area contributed by atoms with Gasteiger partial charge in [0.15, 0.2) is 12.4 Å². The molecular formula is C17H16F5N3O6. The van der Waals surface area contributed by atoms with Crippen molar-refractivity contribution >= 4 is 17.6 Å². The van der Waals surface area contributed by atoms with Crippen molar-refractivity contribution in [3.8, 4) is 11.8 Å². The van der Waals surface area contributed by atoms with Crippen molar-refractivity contribution < 1.29 is 45.9 Å². The molecule has 0 fully saturated rings. The lowest BCUT2D eigenvalue weighted by molar-refractivity contribution is -0.386. The number of halogens is 5. The number of rotatable bonds is 10. The van der Waals surface area contributed by atoms with Crippen molar-refractivity contribution in [1.29, 1.82) is 5.26 Å². The Hall–Kier alpha value is -3.50. The zero-order chi connectivity index (χ0) is 23.8. The highest BCUT2D eigenvalue weighted by Crippen LogP contribution is 2.37. The number of unbranched alkanes of at least 4 members (excludes halogenated alkanes) is 1. The van der Waals surface area contributed by atoms with Crippen LogP contribution in [0.2, 0.25) is 0 Å². The van der Waals surface area contributed by atoms with E-state index in [2.05, 4.69) is 14.8 Å². The number of amides is 1. The number of hydrogen-bond acceptors (Lipinski definition) is 7. The highest BCUT2D eigenvalue weighted by atomic mass is 19.4. The second-order valence-corrected chi connectivity index (χ2v) is 6.03. The summed E-state index contributed by atoms with van der Waals surface area (Å²) in [5.41, 5.74) is -1.36. The van der Waals surface area contributed by atoms with Crippen LogP contribution in [0.3, 0.4) is 0 Å². The molecule has 0 aliphatic carbocycles. The Morgan fingerprint density at radius 3 is 2.45 bits per heavy atom. The van der Waals surface area contributed by atoms with Gasteiger partial charge >= 0.3 is 23.8 Å². The normalized spacial score (nSPS) is 12.4. The van der Waals surface area contributed by atoms with Crippen molar-refractivity contribution in [2.75, 3.05) is 13.7 Å². The number of nitrogens with zero attached hydrogens (tertiary/aromatic N) is 2. The zero-order valence-corrected chi connectivity index (χ0v) is 15.9. The largest absolute Gasteiger partial charge is 0.480 e. The summed E-state index contributed by atoms with van der Waals surface area (Å²) in [6.07, 6.45) is -5.64. The maximum atomic E-state index is 13.1. The fraction of sp³-hybridized carbons (Fsp3) is 0.471. The molecule has 0 aliphatic rings. The molecule has 0 spiro atoms. The van der Waals surface area contributed by atoms with Gasteiger partial charge in [0.2, 0.25) is 0 Å². The van der Waals surface area contributed by atoms with E-state index in [4.69, 9.17) is 5.26 Å². The average Bonchev–Trinajstić information content (AvgIpc) is 2.69. The predicted octanol–water partition coefficient (Wildman–Crippen LogP) is 3.14. The fourth-order valence-electron chi connectivity index (χ4n) is 2.19. The molecule has 1 atom stereocenters. The molecule has 0 radical (unpaired) electrons. The van der Waals surface area contributed by atoms with Crippen LogP contribution < -0.4 is 10.1 Å². The molecule has 14 heteroatoms. The number of nitro benzene ring substituents is 1. The first-order valence-corrected chi connectivity index (χ1v) is 8.45. The average molecular weight is 453 g/mol. The molecule has 1 rings (SSSR count). The number of esters is 1. The first-order valence-electron chi connectivity index (χ1n) is 8.45. The molecule has 0 saturated heterocycles. The number of nitro groups is 1. The second-order valence-electron chi connectivity index (χ2n) is 6.03. The Balaban J connectivity index is 3.10. The molecule has 0 saturated carbocycles. The molecule has 0 bridgehead atoms. The third-order valence-electron chi connectivity index (χ3n) is 3.81. The van der Waals surface area contributed by atoms with Crippen LogP contribution in [0.5, 0.6) is 5.75 Å². The fourth-order valence-corrected chi connectivity index (χ4v) is 2.19. The van der Waals surface area contributed by atoms with Crippen LogP contribution >= 0.6 is 0 Å². The summed E-state index contributed by atoms with van der Waals surface area (Å²) in [5.74, 6) is -8.15. The van der Waals surface area contributed by atoms with Gasteiger partial charge in [0.1, 0.15) is 6.04 Å². The third-order valence-corrected chi connectivity index (χ3v) is 3.81. The molecule has 1 aromatic rings. The first kappa shape index (κ1) is 25.5. The van der Waals surface area contributed by atoms with E-state index in [1.54, 1.807) is 0 Å². The highest BCUT2D eigenvalue weighted by molar-refractivity contribution is 5.97. The summed E-state index contributed by atoms with van der Waals surface area (Å²) in [4.78, 5) is 34.0. The molecule has 31 heavy (non-hydrogen) atoms. The molecular weight excluding hydrogens is 437 g/mol. The van der Waals surface area contributed by atoms with Crippen molar-refractivity contribution in [2.24, 2.45) is 0 Å².